The van der Waals surface area contributed by atoms with Crippen molar-refractivity contribution in [2.24, 2.45) is 0 Å². The Labute approximate surface area is 125 Å². The van der Waals surface area contributed by atoms with Crippen LogP contribution >= 0.6 is 22.9 Å². The van der Waals surface area contributed by atoms with Crippen LogP contribution in [0.2, 0.25) is 5.02 Å². The number of thiazole rings is 1. The van der Waals surface area contributed by atoms with E-state index in [2.05, 4.69) is 16.4 Å². The molecule has 3 rings (SSSR count). The van der Waals surface area contributed by atoms with E-state index in [1.165, 1.54) is 11.3 Å². The largest absolute Gasteiger partial charge is 0.332 e. The van der Waals surface area contributed by atoms with Gasteiger partial charge in [0.15, 0.2) is 0 Å². The quantitative estimate of drug-likeness (QED) is 0.946. The SMILES string of the molecule is N#CC1(NC(=O)c2csc(-c3ccc(Cl)cc3)n2)CC1. The third-order valence-corrected chi connectivity index (χ3v) is 4.29. The Kier molecular flexibility index (Phi) is 3.20. The number of halogens is 1. The van der Waals surface area contributed by atoms with Crippen molar-refractivity contribution in [3.05, 3.63) is 40.4 Å². The van der Waals surface area contributed by atoms with Crippen LogP contribution in [0.4, 0.5) is 0 Å². The molecule has 0 saturated heterocycles. The molecule has 2 aromatic rings. The summed E-state index contributed by atoms with van der Waals surface area (Å²) >= 11 is 7.23. The molecule has 1 saturated carbocycles. The van der Waals surface area contributed by atoms with E-state index in [0.29, 0.717) is 23.6 Å². The van der Waals surface area contributed by atoms with Crippen LogP contribution in [-0.4, -0.2) is 16.4 Å². The fraction of sp³-hybridized carbons (Fsp3) is 0.214. The lowest BCUT2D eigenvalue weighted by atomic mass is 10.2. The Balaban J connectivity index is 1.78. The number of carbonyl (C=O) groups is 1. The van der Waals surface area contributed by atoms with Crippen LogP contribution in [0.25, 0.3) is 10.6 Å². The summed E-state index contributed by atoms with van der Waals surface area (Å²) in [4.78, 5) is 16.3. The fourth-order valence-electron chi connectivity index (χ4n) is 1.77. The number of benzene rings is 1. The van der Waals surface area contributed by atoms with Gasteiger partial charge in [-0.05, 0) is 25.0 Å². The summed E-state index contributed by atoms with van der Waals surface area (Å²) in [6.07, 6.45) is 1.42. The van der Waals surface area contributed by atoms with Gasteiger partial charge in [0.1, 0.15) is 16.2 Å². The van der Waals surface area contributed by atoms with Gasteiger partial charge in [-0.25, -0.2) is 4.98 Å². The van der Waals surface area contributed by atoms with Crippen molar-refractivity contribution in [3.63, 3.8) is 0 Å². The number of rotatable bonds is 3. The maximum Gasteiger partial charge on any atom is 0.272 e. The summed E-state index contributed by atoms with van der Waals surface area (Å²) in [5, 5.41) is 14.8. The Morgan fingerprint density at radius 3 is 2.70 bits per heavy atom. The normalized spacial score (nSPS) is 15.4. The molecule has 4 nitrogen and oxygen atoms in total. The van der Waals surface area contributed by atoms with Gasteiger partial charge in [-0.2, -0.15) is 5.26 Å². The number of hydrogen-bond donors (Lipinski definition) is 1. The molecular weight excluding hydrogens is 294 g/mol. The second kappa shape index (κ2) is 4.89. The van der Waals surface area contributed by atoms with E-state index < -0.39 is 5.54 Å². The molecule has 0 radical (unpaired) electrons. The van der Waals surface area contributed by atoms with Crippen LogP contribution in [0, 0.1) is 11.3 Å². The molecule has 0 atom stereocenters. The predicted molar refractivity (Wildman–Crippen MR) is 77.6 cm³/mol. The lowest BCUT2D eigenvalue weighted by Crippen LogP contribution is -2.35. The van der Waals surface area contributed by atoms with Gasteiger partial charge in [-0.1, -0.05) is 23.7 Å². The zero-order valence-electron chi connectivity index (χ0n) is 10.4. The van der Waals surface area contributed by atoms with Crippen molar-refractivity contribution in [1.82, 2.24) is 10.3 Å². The number of nitrogens with zero attached hydrogens (tertiary/aromatic N) is 2. The Morgan fingerprint density at radius 1 is 1.40 bits per heavy atom. The molecule has 1 fully saturated rings. The average Bonchev–Trinajstić information content (AvgIpc) is 3.04. The zero-order valence-corrected chi connectivity index (χ0v) is 12.0. The number of nitriles is 1. The molecule has 0 bridgehead atoms. The number of amides is 1. The lowest BCUT2D eigenvalue weighted by Gasteiger charge is -2.06. The molecule has 0 aliphatic heterocycles. The predicted octanol–water partition coefficient (Wildman–Crippen LogP) is 3.25. The first-order chi connectivity index (χ1) is 9.62. The summed E-state index contributed by atoms with van der Waals surface area (Å²) < 4.78 is 0. The van der Waals surface area contributed by atoms with Crippen molar-refractivity contribution in [3.8, 4) is 16.6 Å². The fourth-order valence-corrected chi connectivity index (χ4v) is 2.71. The topological polar surface area (TPSA) is 65.8 Å². The van der Waals surface area contributed by atoms with Crippen molar-refractivity contribution in [2.75, 3.05) is 0 Å². The molecule has 0 spiro atoms. The third kappa shape index (κ3) is 2.53. The number of aromatic nitrogens is 1. The molecule has 100 valence electrons. The van der Waals surface area contributed by atoms with Crippen molar-refractivity contribution < 1.29 is 4.79 Å². The van der Waals surface area contributed by atoms with Gasteiger partial charge >= 0.3 is 0 Å². The highest BCUT2D eigenvalue weighted by molar-refractivity contribution is 7.13. The Bertz CT molecular complexity index is 698. The smallest absolute Gasteiger partial charge is 0.272 e. The number of hydrogen-bond acceptors (Lipinski definition) is 4. The van der Waals surface area contributed by atoms with Gasteiger partial charge in [0, 0.05) is 16.0 Å². The summed E-state index contributed by atoms with van der Waals surface area (Å²) in [6, 6.07) is 9.42. The standard InChI is InChI=1S/C14H10ClN3OS/c15-10-3-1-9(2-4-10)13-17-11(7-20-13)12(19)18-14(8-16)5-6-14/h1-4,7H,5-6H2,(H,18,19). The van der Waals surface area contributed by atoms with Gasteiger partial charge in [0.05, 0.1) is 6.07 Å². The highest BCUT2D eigenvalue weighted by atomic mass is 35.5. The zero-order chi connectivity index (χ0) is 14.2. The molecule has 1 aliphatic carbocycles. The average molecular weight is 304 g/mol. The Hall–Kier alpha value is -1.90. The van der Waals surface area contributed by atoms with E-state index >= 15 is 0 Å². The molecule has 0 unspecified atom stereocenters. The molecule has 1 N–H and O–H groups in total. The van der Waals surface area contributed by atoms with Crippen LogP contribution in [0.3, 0.4) is 0 Å². The molecule has 20 heavy (non-hydrogen) atoms. The highest BCUT2D eigenvalue weighted by Gasteiger charge is 2.45. The third-order valence-electron chi connectivity index (χ3n) is 3.14. The molecular formula is C14H10ClN3OS. The molecule has 1 aromatic carbocycles. The van der Waals surface area contributed by atoms with E-state index in [-0.39, 0.29) is 5.91 Å². The van der Waals surface area contributed by atoms with Crippen LogP contribution in [0.5, 0.6) is 0 Å². The first-order valence-corrected chi connectivity index (χ1v) is 7.33. The van der Waals surface area contributed by atoms with E-state index in [1.807, 2.05) is 12.1 Å². The maximum absolute atomic E-state index is 12.0. The second-order valence-corrected chi connectivity index (χ2v) is 5.99. The van der Waals surface area contributed by atoms with E-state index in [0.717, 1.165) is 10.6 Å². The number of carbonyl (C=O) groups excluding carboxylic acids is 1. The van der Waals surface area contributed by atoms with Gasteiger partial charge in [-0.15, -0.1) is 11.3 Å². The van der Waals surface area contributed by atoms with Crippen molar-refractivity contribution in [1.29, 1.82) is 5.26 Å². The maximum atomic E-state index is 12.0. The number of nitrogens with one attached hydrogen (secondary N) is 1. The van der Waals surface area contributed by atoms with Gasteiger partial charge in [0.2, 0.25) is 0 Å². The van der Waals surface area contributed by atoms with Gasteiger partial charge < -0.3 is 5.32 Å². The van der Waals surface area contributed by atoms with E-state index in [4.69, 9.17) is 16.9 Å². The highest BCUT2D eigenvalue weighted by Crippen LogP contribution is 2.34. The van der Waals surface area contributed by atoms with Crippen LogP contribution in [0.1, 0.15) is 23.3 Å². The minimum Gasteiger partial charge on any atom is -0.332 e. The summed E-state index contributed by atoms with van der Waals surface area (Å²) in [6.45, 7) is 0. The molecule has 1 aromatic heterocycles. The van der Waals surface area contributed by atoms with Gasteiger partial charge in [0.25, 0.3) is 5.91 Å². The first-order valence-electron chi connectivity index (χ1n) is 6.07. The summed E-state index contributed by atoms with van der Waals surface area (Å²) in [5.41, 5.74) is 0.600. The summed E-state index contributed by atoms with van der Waals surface area (Å²) in [5.74, 6) is -0.291. The molecule has 1 amide bonds. The Morgan fingerprint density at radius 2 is 2.10 bits per heavy atom. The molecule has 1 heterocycles. The van der Waals surface area contributed by atoms with Crippen LogP contribution < -0.4 is 5.32 Å². The van der Waals surface area contributed by atoms with Crippen molar-refractivity contribution in [2.45, 2.75) is 18.4 Å². The van der Waals surface area contributed by atoms with E-state index in [1.54, 1.807) is 17.5 Å². The monoisotopic (exact) mass is 303 g/mol. The first kappa shape index (κ1) is 13.1. The van der Waals surface area contributed by atoms with Crippen LogP contribution in [0.15, 0.2) is 29.6 Å². The summed E-state index contributed by atoms with van der Waals surface area (Å²) in [7, 11) is 0. The lowest BCUT2D eigenvalue weighted by molar-refractivity contribution is 0.0937. The van der Waals surface area contributed by atoms with E-state index in [9.17, 15) is 4.79 Å². The molecule has 1 aliphatic rings. The van der Waals surface area contributed by atoms with Crippen molar-refractivity contribution >= 4 is 28.8 Å². The second-order valence-electron chi connectivity index (χ2n) is 4.69. The van der Waals surface area contributed by atoms with Crippen LogP contribution in [-0.2, 0) is 0 Å². The van der Waals surface area contributed by atoms with Gasteiger partial charge in [-0.3, -0.25) is 4.79 Å². The minimum atomic E-state index is -0.666. The molecule has 6 heteroatoms. The minimum absolute atomic E-state index is 0.291.